The maximum atomic E-state index is 11.7. The Balaban J connectivity index is 1.83. The lowest BCUT2D eigenvalue weighted by atomic mass is 10.1. The lowest BCUT2D eigenvalue weighted by molar-refractivity contribution is -0.0590. The highest BCUT2D eigenvalue weighted by Crippen LogP contribution is 2.58. The number of aromatic amines is 2. The van der Waals surface area contributed by atoms with Gasteiger partial charge in [-0.25, -0.2) is 14.3 Å². The van der Waals surface area contributed by atoms with Gasteiger partial charge in [0.05, 0.1) is 12.9 Å². The van der Waals surface area contributed by atoms with E-state index in [1.54, 1.807) is 0 Å². The maximum absolute atomic E-state index is 11.7. The Morgan fingerprint density at radius 3 is 2.78 bits per heavy atom. The van der Waals surface area contributed by atoms with Crippen LogP contribution in [0.25, 0.3) is 11.2 Å². The molecule has 0 spiro atoms. The van der Waals surface area contributed by atoms with Crippen LogP contribution >= 0.6 is 7.82 Å². The van der Waals surface area contributed by atoms with E-state index in [-0.39, 0.29) is 11.2 Å². The van der Waals surface area contributed by atoms with Crippen LogP contribution in [0.15, 0.2) is 15.9 Å². The molecule has 2 aromatic heterocycles. The number of ether oxygens (including phenoxy) is 1. The Morgan fingerprint density at radius 2 is 2.04 bits per heavy atom. The molecule has 124 valence electrons. The summed E-state index contributed by atoms with van der Waals surface area (Å²) < 4.78 is 28.3. The van der Waals surface area contributed by atoms with E-state index in [0.29, 0.717) is 0 Å². The number of imidazole rings is 1. The number of phosphoric ester groups is 1. The fourth-order valence-electron chi connectivity index (χ4n) is 2.80. The summed E-state index contributed by atoms with van der Waals surface area (Å²) >= 11 is 0. The number of rotatable bonds is 2. The number of aliphatic hydroxyl groups excluding tert-OH is 1. The Bertz CT molecular complexity index is 933. The first-order chi connectivity index (χ1) is 10.9. The van der Waals surface area contributed by atoms with Crippen LogP contribution in [0.4, 0.5) is 0 Å². The van der Waals surface area contributed by atoms with Crippen molar-refractivity contribution in [3.8, 4) is 0 Å². The summed E-state index contributed by atoms with van der Waals surface area (Å²) in [5.74, 6) is 0. The predicted molar refractivity (Wildman–Crippen MR) is 71.5 cm³/mol. The van der Waals surface area contributed by atoms with Gasteiger partial charge in [0.2, 0.25) is 0 Å². The molecule has 23 heavy (non-hydrogen) atoms. The molecule has 1 unspecified atom stereocenters. The molecule has 4 rings (SSSR count). The van der Waals surface area contributed by atoms with Crippen LogP contribution in [-0.2, 0) is 18.3 Å². The normalized spacial score (nSPS) is 36.6. The van der Waals surface area contributed by atoms with Crippen LogP contribution in [-0.4, -0.2) is 54.4 Å². The first-order valence-corrected chi connectivity index (χ1v) is 8.04. The first-order valence-electron chi connectivity index (χ1n) is 6.55. The minimum atomic E-state index is -4.25. The number of nitrogens with zero attached hydrogens (tertiary/aromatic N) is 2. The monoisotopic (exact) mass is 346 g/mol. The van der Waals surface area contributed by atoms with Gasteiger partial charge in [0.1, 0.15) is 24.0 Å². The molecule has 2 aliphatic rings. The topological polar surface area (TPSA) is 169 Å². The number of fused-ring (bicyclic) bond motifs is 2. The van der Waals surface area contributed by atoms with Crippen LogP contribution in [0.2, 0.25) is 0 Å². The zero-order valence-corrected chi connectivity index (χ0v) is 12.2. The van der Waals surface area contributed by atoms with Crippen LogP contribution in [0.1, 0.15) is 6.23 Å². The molecule has 5 atom stereocenters. The van der Waals surface area contributed by atoms with E-state index < -0.39 is 50.2 Å². The first kappa shape index (κ1) is 14.8. The summed E-state index contributed by atoms with van der Waals surface area (Å²) in [5.41, 5.74) is -1.41. The lowest BCUT2D eigenvalue weighted by Crippen LogP contribution is -2.30. The summed E-state index contributed by atoms with van der Waals surface area (Å²) in [5, 5.41) is 9.33. The van der Waals surface area contributed by atoms with Gasteiger partial charge < -0.3 is 14.7 Å². The van der Waals surface area contributed by atoms with Crippen molar-refractivity contribution < 1.29 is 28.3 Å². The quantitative estimate of drug-likeness (QED) is 0.458. The highest BCUT2D eigenvalue weighted by molar-refractivity contribution is 7.47. The van der Waals surface area contributed by atoms with Gasteiger partial charge in [0, 0.05) is 0 Å². The minimum absolute atomic E-state index is 0.0386. The van der Waals surface area contributed by atoms with E-state index in [1.807, 2.05) is 4.98 Å². The Labute approximate surface area is 126 Å². The zero-order chi connectivity index (χ0) is 16.4. The predicted octanol–water partition coefficient (Wildman–Crippen LogP) is -1.81. The van der Waals surface area contributed by atoms with Crippen molar-refractivity contribution in [2.45, 2.75) is 24.5 Å². The number of aliphatic hydroxyl groups is 1. The lowest BCUT2D eigenvalue weighted by Gasteiger charge is -2.18. The fourth-order valence-corrected chi connectivity index (χ4v) is 3.94. The van der Waals surface area contributed by atoms with Gasteiger partial charge in [-0.05, 0) is 0 Å². The van der Waals surface area contributed by atoms with E-state index >= 15 is 0 Å². The molecule has 0 amide bonds. The molecule has 12 nitrogen and oxygen atoms in total. The summed E-state index contributed by atoms with van der Waals surface area (Å²) in [7, 11) is -4.25. The van der Waals surface area contributed by atoms with Crippen molar-refractivity contribution in [2.24, 2.45) is 0 Å². The van der Waals surface area contributed by atoms with Gasteiger partial charge in [-0.2, -0.15) is 0 Å². The average molecular weight is 346 g/mol. The second-order valence-corrected chi connectivity index (χ2v) is 6.47. The van der Waals surface area contributed by atoms with Crippen molar-refractivity contribution in [3.05, 3.63) is 27.2 Å². The van der Waals surface area contributed by atoms with Crippen molar-refractivity contribution in [1.29, 1.82) is 0 Å². The summed E-state index contributed by atoms with van der Waals surface area (Å²) in [6.45, 7) is -0.468. The van der Waals surface area contributed by atoms with E-state index in [0.717, 1.165) is 0 Å². The number of hydrogen-bond donors (Lipinski definition) is 4. The third-order valence-electron chi connectivity index (χ3n) is 3.72. The van der Waals surface area contributed by atoms with Gasteiger partial charge in [0.25, 0.3) is 5.56 Å². The van der Waals surface area contributed by atoms with Crippen molar-refractivity contribution in [1.82, 2.24) is 19.5 Å². The molecule has 2 aliphatic heterocycles. The molecule has 4 N–H and O–H groups in total. The molecule has 0 aromatic carbocycles. The summed E-state index contributed by atoms with van der Waals surface area (Å²) in [4.78, 5) is 40.9. The van der Waals surface area contributed by atoms with Crippen LogP contribution < -0.4 is 11.2 Å². The smallest absolute Gasteiger partial charge is 0.394 e. The molecule has 0 radical (unpaired) electrons. The molecule has 2 fully saturated rings. The standard InChI is InChI=1S/C10H11N4O8P/c15-1-3-5-6(22-23(18,19)21-5)9(20-3)14-2-11-4-7(14)12-10(17)13-8(4)16/h2-3,5-6,9,15H,1H2,(H,18,19)(H2,12,13,16,17)/t3-,5-,6-,9-/m1/s1. The van der Waals surface area contributed by atoms with Crippen LogP contribution in [0.3, 0.4) is 0 Å². The van der Waals surface area contributed by atoms with Gasteiger partial charge in [-0.15, -0.1) is 0 Å². The van der Waals surface area contributed by atoms with Gasteiger partial charge in [0.15, 0.2) is 11.7 Å². The van der Waals surface area contributed by atoms with Gasteiger partial charge >= 0.3 is 13.5 Å². The molecular weight excluding hydrogens is 335 g/mol. The van der Waals surface area contributed by atoms with Crippen molar-refractivity contribution in [3.63, 3.8) is 0 Å². The Kier molecular flexibility index (Phi) is 3.10. The van der Waals surface area contributed by atoms with E-state index in [9.17, 15) is 24.2 Å². The largest absolute Gasteiger partial charge is 0.473 e. The molecule has 0 aliphatic carbocycles. The minimum Gasteiger partial charge on any atom is -0.394 e. The Hall–Kier alpha value is -1.82. The summed E-state index contributed by atoms with van der Waals surface area (Å²) in [6.07, 6.45) is -2.67. The molecule has 4 heterocycles. The zero-order valence-electron chi connectivity index (χ0n) is 11.3. The highest BCUT2D eigenvalue weighted by Gasteiger charge is 2.57. The second-order valence-electron chi connectivity index (χ2n) is 5.11. The fraction of sp³-hybridized carbons (Fsp3) is 0.500. The molecule has 13 heteroatoms. The number of H-pyrrole nitrogens is 2. The maximum Gasteiger partial charge on any atom is 0.473 e. The van der Waals surface area contributed by atoms with Crippen LogP contribution in [0, 0.1) is 0 Å². The Morgan fingerprint density at radius 1 is 1.30 bits per heavy atom. The third-order valence-corrected chi connectivity index (χ3v) is 4.74. The molecule has 0 saturated carbocycles. The van der Waals surface area contributed by atoms with Gasteiger partial charge in [-0.1, -0.05) is 0 Å². The van der Waals surface area contributed by atoms with Crippen molar-refractivity contribution >= 4 is 19.0 Å². The summed E-state index contributed by atoms with van der Waals surface area (Å²) in [6, 6.07) is 0. The second kappa shape index (κ2) is 4.84. The van der Waals surface area contributed by atoms with E-state index in [1.165, 1.54) is 10.9 Å². The third kappa shape index (κ3) is 2.19. The van der Waals surface area contributed by atoms with Crippen LogP contribution in [0.5, 0.6) is 0 Å². The number of hydrogen-bond acceptors (Lipinski definition) is 8. The number of aromatic nitrogens is 4. The van der Waals surface area contributed by atoms with E-state index in [2.05, 4.69) is 9.97 Å². The van der Waals surface area contributed by atoms with Gasteiger partial charge in [-0.3, -0.25) is 28.4 Å². The number of nitrogens with one attached hydrogen (secondary N) is 2. The average Bonchev–Trinajstić information content (AvgIpc) is 3.09. The van der Waals surface area contributed by atoms with Crippen molar-refractivity contribution in [2.75, 3.05) is 6.61 Å². The molecule has 2 saturated heterocycles. The SMILES string of the molecule is O=c1[nH]c(=O)c2ncn([C@@H]3O[C@H](CO)[C@H]4OP(=O)(O)O[C@H]43)c2[nH]1. The molecule has 2 aromatic rings. The number of phosphoric acid groups is 1. The molecule has 0 bridgehead atoms. The molecular formula is C10H11N4O8P. The van der Waals surface area contributed by atoms with E-state index in [4.69, 9.17) is 13.8 Å². The highest BCUT2D eigenvalue weighted by atomic mass is 31.2.